The second-order valence-electron chi connectivity index (χ2n) is 3.73. The van der Waals surface area contributed by atoms with Gasteiger partial charge in [-0.2, -0.15) is 0 Å². The normalized spacial score (nSPS) is 32.9. The number of rotatable bonds is 2. The average Bonchev–Trinajstić information content (AvgIpc) is 2.81. The van der Waals surface area contributed by atoms with Gasteiger partial charge < -0.3 is 4.79 Å². The summed E-state index contributed by atoms with van der Waals surface area (Å²) in [5.41, 5.74) is 1.44. The Bertz CT molecular complexity index is 291. The van der Waals surface area contributed by atoms with Crippen LogP contribution in [0, 0.1) is 5.92 Å². The molecule has 0 N–H and O–H groups in total. The Balaban J connectivity index is 2.28. The maximum absolute atomic E-state index is 10.6. The highest BCUT2D eigenvalue weighted by molar-refractivity contribution is 5.64. The van der Waals surface area contributed by atoms with E-state index in [9.17, 15) is 4.79 Å². The molecule has 0 saturated heterocycles. The predicted octanol–water partition coefficient (Wildman–Crippen LogP) is 2.16. The molecule has 0 heterocycles. The van der Waals surface area contributed by atoms with Crippen LogP contribution in [0.15, 0.2) is 30.3 Å². The van der Waals surface area contributed by atoms with E-state index in [0.29, 0.717) is 0 Å². The van der Waals surface area contributed by atoms with Crippen molar-refractivity contribution < 1.29 is 4.79 Å². The second kappa shape index (κ2) is 2.44. The number of carbonyl (C=O) groups excluding carboxylic acids is 1. The molecule has 0 radical (unpaired) electrons. The van der Waals surface area contributed by atoms with E-state index < -0.39 is 0 Å². The molecule has 2 rings (SSSR count). The Kier molecular flexibility index (Phi) is 1.53. The molecule has 2 atom stereocenters. The lowest BCUT2D eigenvalue weighted by Gasteiger charge is -2.08. The van der Waals surface area contributed by atoms with E-state index in [2.05, 4.69) is 19.1 Å². The van der Waals surface area contributed by atoms with Crippen LogP contribution in [-0.4, -0.2) is 6.29 Å². The summed E-state index contributed by atoms with van der Waals surface area (Å²) < 4.78 is 0. The van der Waals surface area contributed by atoms with Crippen molar-refractivity contribution in [1.29, 1.82) is 0 Å². The van der Waals surface area contributed by atoms with E-state index in [1.807, 2.05) is 18.2 Å². The number of hydrogen-bond acceptors (Lipinski definition) is 1. The van der Waals surface area contributed by atoms with Gasteiger partial charge in [0.25, 0.3) is 0 Å². The van der Waals surface area contributed by atoms with Gasteiger partial charge in [-0.15, -0.1) is 0 Å². The summed E-state index contributed by atoms with van der Waals surface area (Å²) in [5, 5.41) is 0. The Morgan fingerprint density at radius 1 is 1.42 bits per heavy atom. The highest BCUT2D eigenvalue weighted by Crippen LogP contribution is 2.52. The number of carbonyl (C=O) groups is 1. The van der Waals surface area contributed by atoms with E-state index in [0.717, 1.165) is 12.7 Å². The number of hydrogen-bond donors (Lipinski definition) is 0. The van der Waals surface area contributed by atoms with Crippen LogP contribution in [0.3, 0.4) is 0 Å². The predicted molar refractivity (Wildman–Crippen MR) is 48.0 cm³/mol. The van der Waals surface area contributed by atoms with Crippen molar-refractivity contribution in [2.24, 2.45) is 5.92 Å². The van der Waals surface area contributed by atoms with Gasteiger partial charge in [-0.3, -0.25) is 0 Å². The van der Waals surface area contributed by atoms with E-state index >= 15 is 0 Å². The molecule has 62 valence electrons. The summed E-state index contributed by atoms with van der Waals surface area (Å²) >= 11 is 0. The lowest BCUT2D eigenvalue weighted by atomic mass is 9.96. The fraction of sp³-hybridized carbons (Fsp3) is 0.364. The summed E-state index contributed by atoms with van der Waals surface area (Å²) in [5.74, 6) is 0.250. The molecule has 12 heavy (non-hydrogen) atoms. The van der Waals surface area contributed by atoms with Crippen LogP contribution in [0.2, 0.25) is 0 Å². The molecule has 1 aromatic carbocycles. The minimum Gasteiger partial charge on any atom is -0.303 e. The zero-order chi connectivity index (χ0) is 8.60. The van der Waals surface area contributed by atoms with Crippen LogP contribution in [0.25, 0.3) is 0 Å². The first kappa shape index (κ1) is 7.53. The van der Waals surface area contributed by atoms with Gasteiger partial charge in [-0.25, -0.2) is 0 Å². The molecule has 0 aliphatic heterocycles. The highest BCUT2D eigenvalue weighted by atomic mass is 16.1. The molecular formula is C11H12O. The quantitative estimate of drug-likeness (QED) is 0.606. The fourth-order valence-corrected chi connectivity index (χ4v) is 1.75. The van der Waals surface area contributed by atoms with Gasteiger partial charge in [-0.05, 0) is 12.0 Å². The largest absolute Gasteiger partial charge is 0.303 e. The lowest BCUT2D eigenvalue weighted by Crippen LogP contribution is -2.04. The summed E-state index contributed by atoms with van der Waals surface area (Å²) in [7, 11) is 0. The molecule has 0 spiro atoms. The van der Waals surface area contributed by atoms with Crippen molar-refractivity contribution in [3.63, 3.8) is 0 Å². The first-order valence-corrected chi connectivity index (χ1v) is 4.28. The molecule has 0 bridgehead atoms. The van der Waals surface area contributed by atoms with Crippen LogP contribution in [0.5, 0.6) is 0 Å². The molecule has 1 fully saturated rings. The molecule has 1 nitrogen and oxygen atoms in total. The smallest absolute Gasteiger partial charge is 0.123 e. The third-order valence-electron chi connectivity index (χ3n) is 2.90. The maximum Gasteiger partial charge on any atom is 0.123 e. The van der Waals surface area contributed by atoms with Gasteiger partial charge in [0.1, 0.15) is 6.29 Å². The zero-order valence-corrected chi connectivity index (χ0v) is 7.16. The lowest BCUT2D eigenvalue weighted by molar-refractivity contribution is -0.109. The summed E-state index contributed by atoms with van der Waals surface area (Å²) in [6.45, 7) is 2.15. The molecule has 1 heteroatoms. The molecule has 1 saturated carbocycles. The molecular weight excluding hydrogens is 148 g/mol. The highest BCUT2D eigenvalue weighted by Gasteiger charge is 2.50. The van der Waals surface area contributed by atoms with Gasteiger partial charge in [0.2, 0.25) is 0 Å². The van der Waals surface area contributed by atoms with Gasteiger partial charge in [0.15, 0.2) is 0 Å². The van der Waals surface area contributed by atoms with Crippen LogP contribution in [-0.2, 0) is 10.2 Å². The van der Waals surface area contributed by atoms with E-state index in [1.165, 1.54) is 5.56 Å². The van der Waals surface area contributed by atoms with E-state index in [-0.39, 0.29) is 11.3 Å². The molecule has 0 aromatic heterocycles. The van der Waals surface area contributed by atoms with E-state index in [4.69, 9.17) is 0 Å². The van der Waals surface area contributed by atoms with Crippen LogP contribution in [0.1, 0.15) is 18.9 Å². The van der Waals surface area contributed by atoms with Gasteiger partial charge in [0.05, 0.1) is 0 Å². The van der Waals surface area contributed by atoms with Gasteiger partial charge in [-0.1, -0.05) is 37.3 Å². The molecule has 1 aromatic rings. The van der Waals surface area contributed by atoms with Crippen molar-refractivity contribution in [3.05, 3.63) is 35.9 Å². The first-order valence-electron chi connectivity index (χ1n) is 4.28. The van der Waals surface area contributed by atoms with E-state index in [1.54, 1.807) is 0 Å². The molecule has 1 aliphatic carbocycles. The van der Waals surface area contributed by atoms with Crippen molar-refractivity contribution in [3.8, 4) is 0 Å². The van der Waals surface area contributed by atoms with Crippen LogP contribution < -0.4 is 0 Å². The molecule has 0 amide bonds. The summed E-state index contributed by atoms with van der Waals surface area (Å²) in [6.07, 6.45) is 2.09. The van der Waals surface area contributed by atoms with Gasteiger partial charge >= 0.3 is 0 Å². The van der Waals surface area contributed by atoms with Gasteiger partial charge in [0, 0.05) is 11.3 Å². The third-order valence-corrected chi connectivity index (χ3v) is 2.90. The SMILES string of the molecule is C[C@@]1(c2ccccc2)C[C@H]1C=O. The topological polar surface area (TPSA) is 17.1 Å². The monoisotopic (exact) mass is 160 g/mol. The molecule has 1 aliphatic rings. The summed E-state index contributed by atoms with van der Waals surface area (Å²) in [4.78, 5) is 10.6. The molecule has 0 unspecified atom stereocenters. The Morgan fingerprint density at radius 3 is 2.58 bits per heavy atom. The summed E-state index contributed by atoms with van der Waals surface area (Å²) in [6, 6.07) is 10.3. The van der Waals surface area contributed by atoms with Crippen molar-refractivity contribution in [1.82, 2.24) is 0 Å². The van der Waals surface area contributed by atoms with Crippen molar-refractivity contribution >= 4 is 6.29 Å². The number of benzene rings is 1. The Hall–Kier alpha value is -1.11. The Labute approximate surface area is 72.4 Å². The minimum atomic E-state index is 0.142. The number of aldehydes is 1. The zero-order valence-electron chi connectivity index (χ0n) is 7.16. The standard InChI is InChI=1S/C11H12O/c1-11(7-10(11)8-12)9-5-3-2-4-6-9/h2-6,8,10H,7H2,1H3/t10-,11-/m0/s1. The fourth-order valence-electron chi connectivity index (χ4n) is 1.75. The van der Waals surface area contributed by atoms with Crippen LogP contribution in [0.4, 0.5) is 0 Å². The first-order chi connectivity index (χ1) is 5.77. The van der Waals surface area contributed by atoms with Crippen molar-refractivity contribution in [2.45, 2.75) is 18.8 Å². The maximum atomic E-state index is 10.6. The average molecular weight is 160 g/mol. The van der Waals surface area contributed by atoms with Crippen LogP contribution >= 0.6 is 0 Å². The third kappa shape index (κ3) is 0.970. The van der Waals surface area contributed by atoms with Crippen molar-refractivity contribution in [2.75, 3.05) is 0 Å². The second-order valence-corrected chi connectivity index (χ2v) is 3.73. The minimum absolute atomic E-state index is 0.142. The Morgan fingerprint density at radius 2 is 2.08 bits per heavy atom.